The van der Waals surface area contributed by atoms with Crippen molar-refractivity contribution in [3.8, 4) is 0 Å². The van der Waals surface area contributed by atoms with Crippen molar-refractivity contribution in [3.05, 3.63) is 35.7 Å². The Morgan fingerprint density at radius 1 is 1.42 bits per heavy atom. The van der Waals surface area contributed by atoms with Gasteiger partial charge in [-0.2, -0.15) is 0 Å². The van der Waals surface area contributed by atoms with Gasteiger partial charge in [0.2, 0.25) is 0 Å². The third kappa shape index (κ3) is 3.19. The Morgan fingerprint density at radius 2 is 2.00 bits per heavy atom. The minimum absolute atomic E-state index is 0.503. The van der Waals surface area contributed by atoms with Crippen LogP contribution in [-0.2, 0) is 0 Å². The van der Waals surface area contributed by atoms with Crippen LogP contribution < -0.4 is 5.73 Å². The summed E-state index contributed by atoms with van der Waals surface area (Å²) in [6.07, 6.45) is 5.62. The van der Waals surface area contributed by atoms with Gasteiger partial charge in [-0.15, -0.1) is 0 Å². The van der Waals surface area contributed by atoms with Crippen molar-refractivity contribution in [2.75, 3.05) is 0 Å². The minimum atomic E-state index is 0.503. The Morgan fingerprint density at radius 3 is 2.33 bits per heavy atom. The highest BCUT2D eigenvalue weighted by Gasteiger charge is 1.97. The highest BCUT2D eigenvalue weighted by atomic mass is 14.8. The van der Waals surface area contributed by atoms with Crippen LogP contribution in [0.3, 0.4) is 0 Å². The van der Waals surface area contributed by atoms with Crippen molar-refractivity contribution in [1.29, 1.82) is 0 Å². The fourth-order valence-electron chi connectivity index (χ4n) is 0.896. The van der Waals surface area contributed by atoms with Crippen molar-refractivity contribution in [3.63, 3.8) is 0 Å². The van der Waals surface area contributed by atoms with E-state index in [2.05, 4.69) is 11.6 Å². The molecule has 0 rings (SSSR count). The van der Waals surface area contributed by atoms with Crippen LogP contribution in [0.1, 0.15) is 20.8 Å². The van der Waals surface area contributed by atoms with Crippen molar-refractivity contribution in [1.82, 2.24) is 0 Å². The zero-order chi connectivity index (χ0) is 9.56. The first-order valence-electron chi connectivity index (χ1n) is 3.90. The summed E-state index contributed by atoms with van der Waals surface area (Å²) in [6.45, 7) is 9.42. The molecule has 66 valence electrons. The van der Waals surface area contributed by atoms with Gasteiger partial charge < -0.3 is 5.73 Å². The average molecular weight is 164 g/mol. The van der Waals surface area contributed by atoms with Crippen LogP contribution in [0, 0.1) is 0 Å². The zero-order valence-corrected chi connectivity index (χ0v) is 7.96. The molecule has 0 spiro atoms. The third-order valence-electron chi connectivity index (χ3n) is 1.35. The molecule has 0 aliphatic heterocycles. The molecule has 0 amide bonds. The van der Waals surface area contributed by atoms with Crippen LogP contribution in [-0.4, -0.2) is 6.21 Å². The monoisotopic (exact) mass is 164 g/mol. The topological polar surface area (TPSA) is 38.4 Å². The van der Waals surface area contributed by atoms with E-state index in [4.69, 9.17) is 5.73 Å². The molecule has 0 heterocycles. The third-order valence-corrected chi connectivity index (χ3v) is 1.35. The van der Waals surface area contributed by atoms with Crippen LogP contribution >= 0.6 is 0 Å². The molecule has 0 aromatic carbocycles. The van der Waals surface area contributed by atoms with E-state index in [1.165, 1.54) is 0 Å². The number of nitrogens with two attached hydrogens (primary N) is 1. The van der Waals surface area contributed by atoms with Crippen LogP contribution in [0.15, 0.2) is 40.7 Å². The molecule has 12 heavy (non-hydrogen) atoms. The molecule has 0 saturated heterocycles. The Hall–Kier alpha value is -1.31. The van der Waals surface area contributed by atoms with Gasteiger partial charge in [-0.1, -0.05) is 18.7 Å². The first kappa shape index (κ1) is 10.7. The summed E-state index contributed by atoms with van der Waals surface area (Å²) < 4.78 is 0. The molecule has 0 aromatic rings. The van der Waals surface area contributed by atoms with E-state index >= 15 is 0 Å². The van der Waals surface area contributed by atoms with E-state index in [1.807, 2.05) is 32.9 Å². The molecule has 0 fully saturated rings. The fourth-order valence-corrected chi connectivity index (χ4v) is 0.896. The van der Waals surface area contributed by atoms with Gasteiger partial charge in [-0.05, 0) is 26.3 Å². The number of nitrogens with zero attached hydrogens (tertiary/aromatic N) is 1. The summed E-state index contributed by atoms with van der Waals surface area (Å²) in [5.41, 5.74) is 7.85. The molecule has 0 radical (unpaired) electrons. The number of hydrogen-bond acceptors (Lipinski definition) is 2. The summed E-state index contributed by atoms with van der Waals surface area (Å²) in [5.74, 6) is 0. The molecule has 2 N–H and O–H groups in total. The second-order valence-corrected chi connectivity index (χ2v) is 2.44. The smallest absolute Gasteiger partial charge is 0.0877 e. The molecular weight excluding hydrogens is 148 g/mol. The number of aliphatic imine (C=N–C) groups is 1. The van der Waals surface area contributed by atoms with Crippen LogP contribution in [0.5, 0.6) is 0 Å². The van der Waals surface area contributed by atoms with Gasteiger partial charge in [0.1, 0.15) is 0 Å². The predicted octanol–water partition coefficient (Wildman–Crippen LogP) is 2.40. The van der Waals surface area contributed by atoms with Crippen LogP contribution in [0.4, 0.5) is 0 Å². The zero-order valence-electron chi connectivity index (χ0n) is 7.96. The summed E-state index contributed by atoms with van der Waals surface area (Å²) in [6, 6.07) is 0. The largest absolute Gasteiger partial charge is 0.397 e. The van der Waals surface area contributed by atoms with E-state index in [1.54, 1.807) is 6.21 Å². The Balaban J connectivity index is 4.93. The normalized spacial score (nSPS) is 13.9. The van der Waals surface area contributed by atoms with E-state index in [0.717, 1.165) is 11.3 Å². The summed E-state index contributed by atoms with van der Waals surface area (Å²) in [5, 5.41) is 0. The second kappa shape index (κ2) is 5.35. The van der Waals surface area contributed by atoms with Crippen molar-refractivity contribution < 1.29 is 0 Å². The highest BCUT2D eigenvalue weighted by molar-refractivity contribution is 5.57. The molecule has 2 nitrogen and oxygen atoms in total. The Bertz CT molecular complexity index is 245. The Kier molecular flexibility index (Phi) is 4.77. The van der Waals surface area contributed by atoms with Gasteiger partial charge in [-0.3, -0.25) is 4.99 Å². The standard InChI is InChI=1S/C10H16N2/c1-5-7-8(3)10(9(4)11)12-6-2/h5-7H,4,11H2,1-3H3/b7-5-,10-8+,12-6-. The summed E-state index contributed by atoms with van der Waals surface area (Å²) in [4.78, 5) is 4.12. The maximum absolute atomic E-state index is 5.55. The van der Waals surface area contributed by atoms with Crippen molar-refractivity contribution >= 4 is 6.21 Å². The average Bonchev–Trinajstić information content (AvgIpc) is 1.99. The number of hydrogen-bond donors (Lipinski definition) is 1. The number of rotatable bonds is 3. The van der Waals surface area contributed by atoms with E-state index in [-0.39, 0.29) is 0 Å². The minimum Gasteiger partial charge on any atom is -0.397 e. The fraction of sp³-hybridized carbons (Fsp3) is 0.300. The lowest BCUT2D eigenvalue weighted by atomic mass is 10.2. The number of allylic oxidation sites excluding steroid dienone is 3. The predicted molar refractivity (Wildman–Crippen MR) is 55.0 cm³/mol. The van der Waals surface area contributed by atoms with Crippen LogP contribution in [0.25, 0.3) is 0 Å². The molecule has 0 saturated carbocycles. The molecule has 0 bridgehead atoms. The molecule has 0 aliphatic rings. The molecule has 2 heteroatoms. The lowest BCUT2D eigenvalue weighted by Crippen LogP contribution is -1.99. The van der Waals surface area contributed by atoms with E-state index in [9.17, 15) is 0 Å². The quantitative estimate of drug-likeness (QED) is 0.505. The van der Waals surface area contributed by atoms with Crippen molar-refractivity contribution in [2.24, 2.45) is 10.7 Å². The van der Waals surface area contributed by atoms with Gasteiger partial charge >= 0.3 is 0 Å². The van der Waals surface area contributed by atoms with Gasteiger partial charge in [0.05, 0.1) is 11.4 Å². The van der Waals surface area contributed by atoms with Gasteiger partial charge in [-0.25, -0.2) is 0 Å². The first-order chi connectivity index (χ1) is 5.63. The van der Waals surface area contributed by atoms with E-state index in [0.29, 0.717) is 5.70 Å². The molecule has 0 atom stereocenters. The Labute approximate surface area is 74.2 Å². The van der Waals surface area contributed by atoms with Crippen LogP contribution in [0.2, 0.25) is 0 Å². The van der Waals surface area contributed by atoms with Gasteiger partial charge in [0.15, 0.2) is 0 Å². The lowest BCUT2D eigenvalue weighted by Gasteiger charge is -2.02. The molecule has 0 aromatic heterocycles. The SMILES string of the molecule is C=C(N)C(/N=C\C)=C(C)\C=C/C. The molecular formula is C10H16N2. The van der Waals surface area contributed by atoms with Gasteiger partial charge in [0, 0.05) is 6.21 Å². The lowest BCUT2D eigenvalue weighted by molar-refractivity contribution is 1.21. The molecule has 0 unspecified atom stereocenters. The summed E-state index contributed by atoms with van der Waals surface area (Å²) >= 11 is 0. The maximum atomic E-state index is 5.55. The maximum Gasteiger partial charge on any atom is 0.0877 e. The van der Waals surface area contributed by atoms with E-state index < -0.39 is 0 Å². The first-order valence-corrected chi connectivity index (χ1v) is 3.90. The van der Waals surface area contributed by atoms with Gasteiger partial charge in [0.25, 0.3) is 0 Å². The molecule has 0 aliphatic carbocycles. The summed E-state index contributed by atoms with van der Waals surface area (Å²) in [7, 11) is 0. The highest BCUT2D eigenvalue weighted by Crippen LogP contribution is 2.11. The second-order valence-electron chi connectivity index (χ2n) is 2.44. The van der Waals surface area contributed by atoms with Crippen molar-refractivity contribution in [2.45, 2.75) is 20.8 Å².